The molecular formula is C78H51B2N3OS. The fraction of sp³-hybridized carbons (Fsp3) is 0. The zero-order valence-corrected chi connectivity index (χ0v) is 47.1. The molecule has 0 aliphatic carbocycles. The molecule has 0 aromatic heterocycles. The number of rotatable bonds is 9. The lowest BCUT2D eigenvalue weighted by Gasteiger charge is -2.44. The third-order valence-corrected chi connectivity index (χ3v) is 18.6. The number of hydrogen-bond donors (Lipinski definition) is 0. The van der Waals surface area contributed by atoms with E-state index in [9.17, 15) is 0 Å². The minimum absolute atomic E-state index is 0.0958. The zero-order valence-electron chi connectivity index (χ0n) is 46.3. The van der Waals surface area contributed by atoms with E-state index >= 15 is 0 Å². The number of nitrogens with zero attached hydrogens (tertiary/aromatic N) is 3. The smallest absolute Gasteiger partial charge is 0.256 e. The molecule has 0 bridgehead atoms. The van der Waals surface area contributed by atoms with Crippen LogP contribution in [0.3, 0.4) is 0 Å². The van der Waals surface area contributed by atoms with Crippen molar-refractivity contribution in [1.29, 1.82) is 0 Å². The van der Waals surface area contributed by atoms with E-state index in [1.807, 2.05) is 11.8 Å². The van der Waals surface area contributed by atoms with Gasteiger partial charge in [-0.05, 0) is 122 Å². The van der Waals surface area contributed by atoms with Crippen molar-refractivity contribution in [3.8, 4) is 56.0 Å². The summed E-state index contributed by atoms with van der Waals surface area (Å²) in [5, 5.41) is 0. The molecule has 13 aromatic rings. The molecule has 13 aromatic carbocycles. The summed E-state index contributed by atoms with van der Waals surface area (Å²) in [4.78, 5) is 10.0. The minimum Gasteiger partial charge on any atom is -0.458 e. The Morgan fingerprint density at radius 2 is 0.788 bits per heavy atom. The van der Waals surface area contributed by atoms with Crippen LogP contribution in [0.1, 0.15) is 0 Å². The highest BCUT2D eigenvalue weighted by Crippen LogP contribution is 2.52. The lowest BCUT2D eigenvalue weighted by atomic mass is 9.31. The largest absolute Gasteiger partial charge is 0.458 e. The Labute approximate surface area is 500 Å². The molecule has 7 heteroatoms. The highest BCUT2D eigenvalue weighted by atomic mass is 32.2. The van der Waals surface area contributed by atoms with Crippen molar-refractivity contribution in [2.45, 2.75) is 9.79 Å². The van der Waals surface area contributed by atoms with Crippen molar-refractivity contribution in [2.75, 3.05) is 14.7 Å². The van der Waals surface area contributed by atoms with Gasteiger partial charge in [0.15, 0.2) is 0 Å². The minimum atomic E-state index is -0.154. The average Bonchev–Trinajstić information content (AvgIpc) is 1.04. The van der Waals surface area contributed by atoms with Crippen molar-refractivity contribution >= 4 is 109 Å². The summed E-state index contributed by atoms with van der Waals surface area (Å²) in [5.41, 5.74) is 26.8. The van der Waals surface area contributed by atoms with Gasteiger partial charge in [-0.25, -0.2) is 0 Å². The molecule has 4 nitrogen and oxygen atoms in total. The van der Waals surface area contributed by atoms with Gasteiger partial charge in [-0.1, -0.05) is 254 Å². The summed E-state index contributed by atoms with van der Waals surface area (Å²) in [6, 6.07) is 114. The van der Waals surface area contributed by atoms with Crippen LogP contribution in [0.5, 0.6) is 11.5 Å². The Morgan fingerprint density at radius 1 is 0.282 bits per heavy atom. The fourth-order valence-corrected chi connectivity index (χ4v) is 15.1. The molecule has 0 saturated carbocycles. The molecule has 85 heavy (non-hydrogen) atoms. The van der Waals surface area contributed by atoms with Gasteiger partial charge in [0.25, 0.3) is 6.71 Å². The van der Waals surface area contributed by atoms with Gasteiger partial charge >= 0.3 is 0 Å². The molecule has 17 rings (SSSR count). The topological polar surface area (TPSA) is 19.0 Å². The molecule has 0 fully saturated rings. The van der Waals surface area contributed by atoms with Crippen molar-refractivity contribution in [2.24, 2.45) is 0 Å². The van der Waals surface area contributed by atoms with E-state index in [2.05, 4.69) is 324 Å². The molecule has 4 aliphatic rings. The maximum absolute atomic E-state index is 7.30. The summed E-state index contributed by atoms with van der Waals surface area (Å²) in [6.07, 6.45) is 0. The summed E-state index contributed by atoms with van der Waals surface area (Å²) in [7, 11) is 0. The van der Waals surface area contributed by atoms with E-state index in [1.165, 1.54) is 76.4 Å². The predicted octanol–water partition coefficient (Wildman–Crippen LogP) is 17.0. The van der Waals surface area contributed by atoms with Crippen LogP contribution >= 0.6 is 11.8 Å². The van der Waals surface area contributed by atoms with Gasteiger partial charge in [-0.15, -0.1) is 0 Å². The van der Waals surface area contributed by atoms with Gasteiger partial charge in [-0.3, -0.25) is 0 Å². The second kappa shape index (κ2) is 20.2. The Bertz CT molecular complexity index is 4640. The van der Waals surface area contributed by atoms with E-state index in [-0.39, 0.29) is 13.4 Å². The van der Waals surface area contributed by atoms with Gasteiger partial charge < -0.3 is 19.4 Å². The first-order valence-electron chi connectivity index (χ1n) is 29.2. The van der Waals surface area contributed by atoms with Crippen LogP contribution in [0.15, 0.2) is 319 Å². The first kappa shape index (κ1) is 49.2. The molecule has 0 atom stereocenters. The van der Waals surface area contributed by atoms with E-state index < -0.39 is 0 Å². The van der Waals surface area contributed by atoms with E-state index in [0.717, 1.165) is 73.4 Å². The Kier molecular flexibility index (Phi) is 11.7. The van der Waals surface area contributed by atoms with Crippen LogP contribution in [0.25, 0.3) is 44.5 Å². The zero-order chi connectivity index (χ0) is 56.0. The van der Waals surface area contributed by atoms with Crippen molar-refractivity contribution in [3.63, 3.8) is 0 Å². The van der Waals surface area contributed by atoms with Crippen LogP contribution < -0.4 is 52.2 Å². The SMILES string of the molecule is c1ccc(-c2cc3c4c(c2)N(c2c(-c5ccccc5)cccc2-c2ccccc2)c2ccccc2B4c2cc4c(cc2S3)N(c2ccccc2-c2ccccc2)c2cc(N(c3ccccc3)c3ccccc3)cc3c2B4c2ccccc2O3)cc1. The molecule has 4 heterocycles. The van der Waals surface area contributed by atoms with Gasteiger partial charge in [0, 0.05) is 66.7 Å². The maximum atomic E-state index is 7.30. The van der Waals surface area contributed by atoms with Crippen LogP contribution in [0.2, 0.25) is 0 Å². The van der Waals surface area contributed by atoms with E-state index in [4.69, 9.17) is 4.74 Å². The van der Waals surface area contributed by atoms with Gasteiger partial charge in [0.2, 0.25) is 6.71 Å². The Morgan fingerprint density at radius 3 is 1.44 bits per heavy atom. The van der Waals surface area contributed by atoms with Gasteiger partial charge in [0.1, 0.15) is 11.5 Å². The number of para-hydroxylation sites is 6. The highest BCUT2D eigenvalue weighted by molar-refractivity contribution is 8.00. The van der Waals surface area contributed by atoms with E-state index in [1.54, 1.807) is 0 Å². The number of hydrogen-bond acceptors (Lipinski definition) is 5. The van der Waals surface area contributed by atoms with Crippen LogP contribution in [0, 0.1) is 0 Å². The van der Waals surface area contributed by atoms with Crippen molar-refractivity contribution in [3.05, 3.63) is 309 Å². The first-order valence-corrected chi connectivity index (χ1v) is 30.0. The molecule has 0 saturated heterocycles. The lowest BCUT2D eigenvalue weighted by molar-refractivity contribution is 0.487. The summed E-state index contributed by atoms with van der Waals surface area (Å²) >= 11 is 1.91. The molecule has 4 aliphatic heterocycles. The summed E-state index contributed by atoms with van der Waals surface area (Å²) in [5.74, 6) is 1.72. The van der Waals surface area contributed by atoms with Crippen LogP contribution in [-0.4, -0.2) is 13.4 Å². The predicted molar refractivity (Wildman–Crippen MR) is 359 cm³/mol. The molecule has 0 unspecified atom stereocenters. The lowest BCUT2D eigenvalue weighted by Crippen LogP contribution is -2.63. The molecule has 0 radical (unpaired) electrons. The van der Waals surface area contributed by atoms with Gasteiger partial charge in [0.05, 0.1) is 17.1 Å². The van der Waals surface area contributed by atoms with Crippen molar-refractivity contribution < 1.29 is 4.74 Å². The van der Waals surface area contributed by atoms with Crippen LogP contribution in [0.4, 0.5) is 51.2 Å². The Hall–Kier alpha value is -10.5. The number of anilines is 9. The van der Waals surface area contributed by atoms with Gasteiger partial charge in [-0.2, -0.15) is 0 Å². The molecular weight excluding hydrogens is 1050 g/mol. The summed E-state index contributed by atoms with van der Waals surface area (Å²) < 4.78 is 7.30. The second-order valence-electron chi connectivity index (χ2n) is 22.3. The van der Waals surface area contributed by atoms with E-state index in [0.29, 0.717) is 0 Å². The van der Waals surface area contributed by atoms with Crippen molar-refractivity contribution in [1.82, 2.24) is 0 Å². The number of fused-ring (bicyclic) bond motifs is 8. The molecule has 396 valence electrons. The first-order chi connectivity index (χ1) is 42.2. The average molecular weight is 1100 g/mol. The number of ether oxygens (including phenoxy) is 1. The molecule has 0 N–H and O–H groups in total. The third-order valence-electron chi connectivity index (χ3n) is 17.5. The third kappa shape index (κ3) is 8.03. The fourth-order valence-electron chi connectivity index (χ4n) is 13.9. The standard InChI is InChI=1S/C78H51B2N3OS/c1-7-26-52(27-8-1)56-46-70-77-75(47-56)85-74-51-69-65(50-66(74)79(77)63-41-20-23-44-68(63)83(70)78-61(54-30-11-3-12-31-54)39-25-40-62(78)55-32-13-4-14-33-55)80-64-42-21-24-45-72(64)84-73-49-59(81(57-34-15-5-16-35-57)58-36-17-6-18-37-58)48-71(76(73)80)82(69)67-43-22-19-38-60(67)53-28-9-2-10-29-53/h1-51H. The number of benzene rings is 13. The summed E-state index contributed by atoms with van der Waals surface area (Å²) in [6.45, 7) is -0.249. The Balaban J connectivity index is 0.949. The van der Waals surface area contributed by atoms with Crippen LogP contribution in [-0.2, 0) is 0 Å². The normalized spacial score (nSPS) is 12.9. The highest BCUT2D eigenvalue weighted by Gasteiger charge is 2.47. The maximum Gasteiger partial charge on any atom is 0.256 e. The molecule has 0 spiro atoms. The quantitative estimate of drug-likeness (QED) is 0.134. The molecule has 0 amide bonds. The monoisotopic (exact) mass is 1100 g/mol. The second-order valence-corrected chi connectivity index (χ2v) is 23.3.